The van der Waals surface area contributed by atoms with E-state index < -0.39 is 0 Å². The Labute approximate surface area is 93.2 Å². The van der Waals surface area contributed by atoms with Gasteiger partial charge < -0.3 is 10.1 Å². The van der Waals surface area contributed by atoms with Crippen molar-refractivity contribution in [2.45, 2.75) is 25.5 Å². The van der Waals surface area contributed by atoms with Crippen molar-refractivity contribution >= 4 is 22.9 Å². The van der Waals surface area contributed by atoms with Gasteiger partial charge in [-0.15, -0.1) is 11.3 Å². The van der Waals surface area contributed by atoms with Crippen LogP contribution in [0.1, 0.15) is 25.0 Å². The van der Waals surface area contributed by atoms with Crippen LogP contribution in [0, 0.1) is 0 Å². The van der Waals surface area contributed by atoms with Gasteiger partial charge in [0.15, 0.2) is 0 Å². The molecule has 1 aromatic rings. The molecule has 0 saturated carbocycles. The lowest BCUT2D eigenvalue weighted by Gasteiger charge is -2.13. The van der Waals surface area contributed by atoms with Crippen LogP contribution in [-0.4, -0.2) is 19.2 Å². The van der Waals surface area contributed by atoms with Crippen LogP contribution in [0.3, 0.4) is 0 Å². The van der Waals surface area contributed by atoms with E-state index in [-0.39, 0.29) is 6.10 Å². The molecule has 2 rings (SSSR count). The average Bonchev–Trinajstić information content (AvgIpc) is 2.46. The maximum atomic E-state index is 5.89. The van der Waals surface area contributed by atoms with Crippen LogP contribution in [0.4, 0.5) is 0 Å². The smallest absolute Gasteiger partial charge is 0.0957 e. The van der Waals surface area contributed by atoms with Gasteiger partial charge in [0.05, 0.1) is 10.4 Å². The van der Waals surface area contributed by atoms with Crippen LogP contribution in [0.5, 0.6) is 0 Å². The van der Waals surface area contributed by atoms with Gasteiger partial charge in [0, 0.05) is 19.2 Å². The molecule has 2 heterocycles. The first kappa shape index (κ1) is 10.4. The van der Waals surface area contributed by atoms with Crippen molar-refractivity contribution in [3.63, 3.8) is 0 Å². The zero-order chi connectivity index (χ0) is 9.97. The SMILES string of the molecule is CC1CCOC(c2csc(Cl)c2)CN1. The Morgan fingerprint density at radius 1 is 1.64 bits per heavy atom. The van der Waals surface area contributed by atoms with E-state index in [0.29, 0.717) is 6.04 Å². The molecule has 1 saturated heterocycles. The van der Waals surface area contributed by atoms with E-state index in [2.05, 4.69) is 17.6 Å². The minimum atomic E-state index is 0.170. The van der Waals surface area contributed by atoms with Crippen molar-refractivity contribution < 1.29 is 4.74 Å². The summed E-state index contributed by atoms with van der Waals surface area (Å²) in [5, 5.41) is 5.51. The fraction of sp³-hybridized carbons (Fsp3) is 0.600. The standard InChI is InChI=1S/C10H14ClNOS/c1-7-2-3-13-9(5-12-7)8-4-10(11)14-6-8/h4,6-7,9,12H,2-3,5H2,1H3. The molecule has 1 N–H and O–H groups in total. The number of ether oxygens (including phenoxy) is 1. The Bertz CT molecular complexity index is 302. The summed E-state index contributed by atoms with van der Waals surface area (Å²) in [6.07, 6.45) is 1.25. The molecule has 0 spiro atoms. The minimum Gasteiger partial charge on any atom is -0.372 e. The first-order valence-electron chi connectivity index (χ1n) is 4.84. The molecule has 0 amide bonds. The third kappa shape index (κ3) is 2.48. The lowest BCUT2D eigenvalue weighted by Crippen LogP contribution is -2.27. The third-order valence-electron chi connectivity index (χ3n) is 2.48. The van der Waals surface area contributed by atoms with Gasteiger partial charge in [-0.1, -0.05) is 11.6 Å². The highest BCUT2D eigenvalue weighted by atomic mass is 35.5. The molecule has 2 unspecified atom stereocenters. The minimum absolute atomic E-state index is 0.170. The summed E-state index contributed by atoms with van der Waals surface area (Å²) in [6, 6.07) is 2.54. The lowest BCUT2D eigenvalue weighted by molar-refractivity contribution is 0.0668. The summed E-state index contributed by atoms with van der Waals surface area (Å²) >= 11 is 7.45. The lowest BCUT2D eigenvalue weighted by atomic mass is 10.2. The number of halogens is 1. The zero-order valence-corrected chi connectivity index (χ0v) is 9.70. The number of thiophene rings is 1. The van der Waals surface area contributed by atoms with Gasteiger partial charge in [0.25, 0.3) is 0 Å². The van der Waals surface area contributed by atoms with Gasteiger partial charge in [-0.05, 0) is 30.4 Å². The second-order valence-corrected chi connectivity index (χ2v) is 5.18. The topological polar surface area (TPSA) is 21.3 Å². The molecule has 1 fully saturated rings. The van der Waals surface area contributed by atoms with Crippen LogP contribution in [-0.2, 0) is 4.74 Å². The predicted molar refractivity (Wildman–Crippen MR) is 60.1 cm³/mol. The highest BCUT2D eigenvalue weighted by molar-refractivity contribution is 7.14. The van der Waals surface area contributed by atoms with E-state index in [1.807, 2.05) is 6.07 Å². The van der Waals surface area contributed by atoms with E-state index in [1.54, 1.807) is 11.3 Å². The molecule has 1 aliphatic rings. The Hall–Kier alpha value is -0.0900. The summed E-state index contributed by atoms with van der Waals surface area (Å²) < 4.78 is 6.59. The summed E-state index contributed by atoms with van der Waals surface area (Å²) in [7, 11) is 0. The van der Waals surface area contributed by atoms with Crippen LogP contribution < -0.4 is 5.32 Å². The Balaban J connectivity index is 2.04. The van der Waals surface area contributed by atoms with Gasteiger partial charge in [-0.2, -0.15) is 0 Å². The Morgan fingerprint density at radius 2 is 2.50 bits per heavy atom. The van der Waals surface area contributed by atoms with Crippen LogP contribution >= 0.6 is 22.9 Å². The molecule has 78 valence electrons. The van der Waals surface area contributed by atoms with E-state index in [1.165, 1.54) is 5.56 Å². The van der Waals surface area contributed by atoms with Gasteiger partial charge >= 0.3 is 0 Å². The fourth-order valence-electron chi connectivity index (χ4n) is 1.56. The fourth-order valence-corrected chi connectivity index (χ4v) is 2.49. The third-order valence-corrected chi connectivity index (χ3v) is 3.59. The number of nitrogens with one attached hydrogen (secondary N) is 1. The van der Waals surface area contributed by atoms with E-state index >= 15 is 0 Å². The average molecular weight is 232 g/mol. The molecule has 1 aliphatic heterocycles. The highest BCUT2D eigenvalue weighted by Crippen LogP contribution is 2.27. The van der Waals surface area contributed by atoms with Crippen molar-refractivity contribution in [1.29, 1.82) is 0 Å². The van der Waals surface area contributed by atoms with Crippen LogP contribution in [0.25, 0.3) is 0 Å². The second-order valence-electron chi connectivity index (χ2n) is 3.64. The van der Waals surface area contributed by atoms with Crippen molar-refractivity contribution in [2.75, 3.05) is 13.2 Å². The summed E-state index contributed by atoms with van der Waals surface area (Å²) in [5.74, 6) is 0. The quantitative estimate of drug-likeness (QED) is 0.803. The monoisotopic (exact) mass is 231 g/mol. The summed E-state index contributed by atoms with van der Waals surface area (Å²) in [4.78, 5) is 0. The molecule has 0 radical (unpaired) electrons. The van der Waals surface area contributed by atoms with E-state index in [0.717, 1.165) is 23.9 Å². The molecule has 2 nitrogen and oxygen atoms in total. The van der Waals surface area contributed by atoms with Gasteiger partial charge in [-0.25, -0.2) is 0 Å². The summed E-state index contributed by atoms with van der Waals surface area (Å²) in [6.45, 7) is 3.90. The summed E-state index contributed by atoms with van der Waals surface area (Å²) in [5.41, 5.74) is 1.20. The number of rotatable bonds is 1. The molecule has 4 heteroatoms. The molecule has 0 aromatic carbocycles. The molecule has 0 aliphatic carbocycles. The first-order chi connectivity index (χ1) is 6.75. The molecule has 0 bridgehead atoms. The zero-order valence-electron chi connectivity index (χ0n) is 8.13. The van der Waals surface area contributed by atoms with Crippen molar-refractivity contribution in [3.05, 3.63) is 21.3 Å². The highest BCUT2D eigenvalue weighted by Gasteiger charge is 2.18. The normalized spacial score (nSPS) is 28.7. The van der Waals surface area contributed by atoms with Crippen molar-refractivity contribution in [1.82, 2.24) is 5.32 Å². The van der Waals surface area contributed by atoms with Gasteiger partial charge in [-0.3, -0.25) is 0 Å². The maximum Gasteiger partial charge on any atom is 0.0957 e. The second kappa shape index (κ2) is 4.62. The number of hydrogen-bond acceptors (Lipinski definition) is 3. The van der Waals surface area contributed by atoms with Crippen molar-refractivity contribution in [3.8, 4) is 0 Å². The molecular weight excluding hydrogens is 218 g/mol. The maximum absolute atomic E-state index is 5.89. The van der Waals surface area contributed by atoms with Crippen LogP contribution in [0.15, 0.2) is 11.4 Å². The molecular formula is C10H14ClNOS. The predicted octanol–water partition coefficient (Wildman–Crippen LogP) is 2.84. The Kier molecular flexibility index (Phi) is 3.44. The largest absolute Gasteiger partial charge is 0.372 e. The van der Waals surface area contributed by atoms with E-state index in [9.17, 15) is 0 Å². The Morgan fingerprint density at radius 3 is 3.21 bits per heavy atom. The van der Waals surface area contributed by atoms with Gasteiger partial charge in [0.1, 0.15) is 0 Å². The van der Waals surface area contributed by atoms with Gasteiger partial charge in [0.2, 0.25) is 0 Å². The molecule has 2 atom stereocenters. The van der Waals surface area contributed by atoms with Crippen molar-refractivity contribution in [2.24, 2.45) is 0 Å². The van der Waals surface area contributed by atoms with E-state index in [4.69, 9.17) is 16.3 Å². The first-order valence-corrected chi connectivity index (χ1v) is 6.10. The number of hydrogen-bond donors (Lipinski definition) is 1. The molecule has 1 aromatic heterocycles. The van der Waals surface area contributed by atoms with Crippen LogP contribution in [0.2, 0.25) is 4.34 Å². The molecule has 14 heavy (non-hydrogen) atoms.